The molecular formula is C105H82N6. The second kappa shape index (κ2) is 24.8. The fourth-order valence-corrected chi connectivity index (χ4v) is 19.9. The van der Waals surface area contributed by atoms with Crippen molar-refractivity contribution in [2.75, 3.05) is 26.3 Å². The average Bonchev–Trinajstić information content (AvgIpc) is 1.68. The van der Waals surface area contributed by atoms with Crippen LogP contribution in [-0.2, 0) is 23.9 Å². The Morgan fingerprint density at radius 2 is 0.541 bits per heavy atom. The van der Waals surface area contributed by atoms with Crippen LogP contribution in [0.3, 0.4) is 0 Å². The van der Waals surface area contributed by atoms with Gasteiger partial charge in [0, 0.05) is 47.0 Å². The summed E-state index contributed by atoms with van der Waals surface area (Å²) in [6, 6.07) is 124. The van der Waals surface area contributed by atoms with Gasteiger partial charge in [0.15, 0.2) is 0 Å². The van der Waals surface area contributed by atoms with Gasteiger partial charge in [0.1, 0.15) is 23.8 Å². The van der Waals surface area contributed by atoms with E-state index in [1.807, 2.05) is 0 Å². The maximum Gasteiger partial charge on any atom is 0.136 e. The van der Waals surface area contributed by atoms with Crippen LogP contribution in [0.5, 0.6) is 0 Å². The number of hydrogen-bond donors (Lipinski definition) is 0. The van der Waals surface area contributed by atoms with E-state index < -0.39 is 0 Å². The lowest BCUT2D eigenvalue weighted by Gasteiger charge is -2.45. The van der Waals surface area contributed by atoms with Crippen LogP contribution < -0.4 is 19.6 Å². The predicted octanol–water partition coefficient (Wildman–Crippen LogP) is 26.3. The Hall–Kier alpha value is -12.9. The highest BCUT2D eigenvalue weighted by Crippen LogP contribution is 2.57. The van der Waals surface area contributed by atoms with Crippen molar-refractivity contribution >= 4 is 77.5 Å². The predicted molar refractivity (Wildman–Crippen MR) is 465 cm³/mol. The van der Waals surface area contributed by atoms with Crippen molar-refractivity contribution < 1.29 is 0 Å². The Kier molecular flexibility index (Phi) is 14.6. The molecule has 4 aliphatic heterocycles. The molecule has 4 heterocycles. The normalized spacial score (nSPS) is 17.2. The van der Waals surface area contributed by atoms with Crippen LogP contribution in [0.2, 0.25) is 0 Å². The van der Waals surface area contributed by atoms with Crippen molar-refractivity contribution in [2.24, 2.45) is 9.98 Å². The van der Waals surface area contributed by atoms with Crippen LogP contribution in [0.25, 0.3) is 110 Å². The Balaban J connectivity index is 0.581. The smallest absolute Gasteiger partial charge is 0.136 e. The van der Waals surface area contributed by atoms with Gasteiger partial charge >= 0.3 is 0 Å². The lowest BCUT2D eigenvalue weighted by atomic mass is 9.79. The number of benzene rings is 16. The fourth-order valence-electron chi connectivity index (χ4n) is 19.9. The molecule has 16 aromatic carbocycles. The number of aliphatic imine (C=N–C) groups is 2. The molecule has 0 saturated carbocycles. The summed E-state index contributed by atoms with van der Waals surface area (Å²) in [5.41, 5.74) is 32.7. The van der Waals surface area contributed by atoms with Crippen molar-refractivity contribution in [2.45, 2.75) is 89.6 Å². The zero-order chi connectivity index (χ0) is 74.1. The van der Waals surface area contributed by atoms with Gasteiger partial charge < -0.3 is 19.6 Å². The summed E-state index contributed by atoms with van der Waals surface area (Å²) < 4.78 is 0. The third kappa shape index (κ3) is 10.2. The van der Waals surface area contributed by atoms with Gasteiger partial charge in [-0.3, -0.25) is 9.98 Å². The molecule has 0 radical (unpaired) electrons. The third-order valence-corrected chi connectivity index (χ3v) is 25.1. The fraction of sp³-hybridized carbons (Fsp3) is 0.143. The van der Waals surface area contributed by atoms with Crippen LogP contribution in [0.1, 0.15) is 121 Å². The van der Waals surface area contributed by atoms with Gasteiger partial charge in [-0.2, -0.15) is 0 Å². The molecule has 6 aliphatic rings. The molecule has 6 nitrogen and oxygen atoms in total. The van der Waals surface area contributed by atoms with E-state index in [4.69, 9.17) is 9.98 Å². The van der Waals surface area contributed by atoms with Crippen molar-refractivity contribution in [1.82, 2.24) is 0 Å². The van der Waals surface area contributed by atoms with E-state index in [0.29, 0.717) is 0 Å². The molecule has 0 aromatic heterocycles. The molecule has 0 N–H and O–H groups in total. The topological polar surface area (TPSA) is 37.7 Å². The SMILES string of the molecule is CC(C)(C)c1ccc(N2C(c3ccc(-c4c5ccccc5c(-c5ccc6c(c5)CN5CN6Cc6cc(-c7c8ccccc8c(-c8ccc(C9=NC%10c%11ccccc%11-c%11ccccc%11C%10N9c9ccc(C(C)(C)C)cc9)cc8)c8ccccc78)ccc65)c5ccccc45)cc3)=NC3c4ccccc4-c4ccccc4C32)cc1. The molecule has 0 saturated heterocycles. The Bertz CT molecular complexity index is 6090. The number of amidine groups is 2. The van der Waals surface area contributed by atoms with E-state index >= 15 is 0 Å². The van der Waals surface area contributed by atoms with Crippen LogP contribution in [0, 0.1) is 0 Å². The van der Waals surface area contributed by atoms with E-state index in [2.05, 4.69) is 389 Å². The minimum absolute atomic E-state index is 0.00642. The molecule has 6 heteroatoms. The first-order valence-electron chi connectivity index (χ1n) is 39.5. The Labute approximate surface area is 649 Å². The second-order valence-corrected chi connectivity index (χ2v) is 33.4. The molecule has 2 bridgehead atoms. The Morgan fingerprint density at radius 3 is 0.865 bits per heavy atom. The number of hydrogen-bond acceptors (Lipinski definition) is 6. The highest BCUT2D eigenvalue weighted by Gasteiger charge is 2.47. The number of anilines is 4. The van der Waals surface area contributed by atoms with Crippen LogP contribution in [0.15, 0.2) is 338 Å². The molecule has 22 rings (SSSR count). The monoisotopic (exact) mass is 1430 g/mol. The highest BCUT2D eigenvalue weighted by molar-refractivity contribution is 6.24. The van der Waals surface area contributed by atoms with Crippen molar-refractivity contribution in [3.05, 3.63) is 383 Å². The summed E-state index contributed by atoms with van der Waals surface area (Å²) in [6.07, 6.45) is 0. The molecule has 0 amide bonds. The lowest BCUT2D eigenvalue weighted by Crippen LogP contribution is -2.46. The highest BCUT2D eigenvalue weighted by atomic mass is 15.4. The van der Waals surface area contributed by atoms with Crippen molar-refractivity contribution in [3.8, 4) is 66.8 Å². The number of fused-ring (bicyclic) bond motifs is 22. The minimum atomic E-state index is -0.0614. The van der Waals surface area contributed by atoms with E-state index in [-0.39, 0.29) is 35.0 Å². The van der Waals surface area contributed by atoms with Gasteiger partial charge in [0.05, 0.1) is 18.8 Å². The first kappa shape index (κ1) is 65.2. The molecule has 2 aliphatic carbocycles. The van der Waals surface area contributed by atoms with Gasteiger partial charge in [0.25, 0.3) is 0 Å². The van der Waals surface area contributed by atoms with Crippen molar-refractivity contribution in [1.29, 1.82) is 0 Å². The van der Waals surface area contributed by atoms with Gasteiger partial charge in [-0.25, -0.2) is 0 Å². The lowest BCUT2D eigenvalue weighted by molar-refractivity contribution is 0.588. The third-order valence-electron chi connectivity index (χ3n) is 25.1. The van der Waals surface area contributed by atoms with Crippen molar-refractivity contribution in [3.63, 3.8) is 0 Å². The maximum atomic E-state index is 5.77. The molecule has 4 unspecified atom stereocenters. The number of rotatable bonds is 8. The molecule has 0 spiro atoms. The molecule has 532 valence electrons. The Morgan fingerprint density at radius 1 is 0.270 bits per heavy atom. The van der Waals surface area contributed by atoms with Crippen LogP contribution in [0.4, 0.5) is 22.7 Å². The van der Waals surface area contributed by atoms with E-state index in [1.54, 1.807) is 0 Å². The van der Waals surface area contributed by atoms with Gasteiger partial charge in [-0.05, 0) is 214 Å². The van der Waals surface area contributed by atoms with E-state index in [9.17, 15) is 0 Å². The van der Waals surface area contributed by atoms with Crippen LogP contribution in [-0.4, -0.2) is 18.3 Å². The summed E-state index contributed by atoms with van der Waals surface area (Å²) in [5, 5.41) is 9.96. The quantitative estimate of drug-likeness (QED) is 0.142. The molecule has 16 aromatic rings. The summed E-state index contributed by atoms with van der Waals surface area (Å²) >= 11 is 0. The zero-order valence-corrected chi connectivity index (χ0v) is 63.3. The summed E-state index contributed by atoms with van der Waals surface area (Å²) in [7, 11) is 0. The second-order valence-electron chi connectivity index (χ2n) is 33.4. The molecular weight excluding hydrogens is 1350 g/mol. The maximum absolute atomic E-state index is 5.77. The number of nitrogens with zero attached hydrogens (tertiary/aromatic N) is 6. The standard InChI is InChI=1S/C105H82N6/c1-104(2,3)72-49-53-74(54-50-72)110-100-90-37-21-9-25-78(90)76-23-7-19-35-88(76)98(100)106-102(110)66-43-39-64(40-44-66)94-80-27-11-15-31-84(80)96(85-32-16-12-28-81(85)94)68-47-57-92-70(59-68)61-108-63-109(92)62-71-60-69(48-58-93(71)108)97-86-33-17-13-29-82(86)95(83-30-14-18-34-87(83)97)65-41-45-67(46-42-65)103-107-99-89-36-20-8-24-77(89)79-26-10-22-38-91(79)101(99)111(103)75-55-51-73(52-56-75)105(4,5)6/h7-60,98-101H,61-63H2,1-6H3. The summed E-state index contributed by atoms with van der Waals surface area (Å²) in [4.78, 5) is 21.8. The van der Waals surface area contributed by atoms with E-state index in [1.165, 1.54) is 166 Å². The van der Waals surface area contributed by atoms with Gasteiger partial charge in [-0.15, -0.1) is 0 Å². The molecule has 0 fully saturated rings. The largest absolute Gasteiger partial charge is 0.349 e. The summed E-state index contributed by atoms with van der Waals surface area (Å²) in [6.45, 7) is 16.2. The summed E-state index contributed by atoms with van der Waals surface area (Å²) in [5.74, 6) is 1.99. The van der Waals surface area contributed by atoms with Crippen LogP contribution >= 0.6 is 0 Å². The molecule has 4 atom stereocenters. The average molecular weight is 1430 g/mol. The first-order chi connectivity index (χ1) is 54.3. The van der Waals surface area contributed by atoms with E-state index in [0.717, 1.165) is 53.9 Å². The first-order valence-corrected chi connectivity index (χ1v) is 39.5. The van der Waals surface area contributed by atoms with Gasteiger partial charge in [0.2, 0.25) is 0 Å². The minimum Gasteiger partial charge on any atom is -0.349 e. The van der Waals surface area contributed by atoms with Gasteiger partial charge in [-0.1, -0.05) is 321 Å². The molecule has 111 heavy (non-hydrogen) atoms. The zero-order valence-electron chi connectivity index (χ0n) is 63.3.